The average molecular weight is 277 g/mol. The summed E-state index contributed by atoms with van der Waals surface area (Å²) in [4.78, 5) is 12.2. The summed E-state index contributed by atoms with van der Waals surface area (Å²) in [5, 5.41) is 14.6. The molecule has 0 heterocycles. The molecule has 110 valence electrons. The van der Waals surface area contributed by atoms with Crippen LogP contribution in [0.25, 0.3) is 0 Å². The molecule has 0 saturated heterocycles. The largest absolute Gasteiger partial charge is 0.409 e. The maximum atomic E-state index is 12.2. The fourth-order valence-corrected chi connectivity index (χ4v) is 1.91. The number of benzene rings is 1. The summed E-state index contributed by atoms with van der Waals surface area (Å²) >= 11 is 0. The van der Waals surface area contributed by atoms with Crippen LogP contribution in [0.5, 0.6) is 0 Å². The molecule has 0 spiro atoms. The van der Waals surface area contributed by atoms with Gasteiger partial charge in [0.1, 0.15) is 5.41 Å². The van der Waals surface area contributed by atoms with Gasteiger partial charge in [0.2, 0.25) is 5.91 Å². The lowest BCUT2D eigenvalue weighted by atomic mass is 9.85. The Kier molecular flexibility index (Phi) is 5.55. The third-order valence-corrected chi connectivity index (χ3v) is 3.82. The molecule has 0 aliphatic heterocycles. The van der Waals surface area contributed by atoms with Crippen LogP contribution >= 0.6 is 0 Å². The second kappa shape index (κ2) is 6.93. The second-order valence-corrected chi connectivity index (χ2v) is 5.19. The molecule has 1 rings (SSSR count). The first-order valence-corrected chi connectivity index (χ1v) is 6.77. The lowest BCUT2D eigenvalue weighted by Crippen LogP contribution is -2.48. The average Bonchev–Trinajstić information content (AvgIpc) is 2.51. The Bertz CT molecular complexity index is 473. The van der Waals surface area contributed by atoms with Gasteiger partial charge in [-0.2, -0.15) is 0 Å². The van der Waals surface area contributed by atoms with E-state index in [2.05, 4.69) is 10.5 Å². The smallest absolute Gasteiger partial charge is 0.233 e. The number of carbonyl (C=O) groups is 1. The van der Waals surface area contributed by atoms with Crippen molar-refractivity contribution in [3.63, 3.8) is 0 Å². The van der Waals surface area contributed by atoms with E-state index >= 15 is 0 Å². The van der Waals surface area contributed by atoms with Crippen molar-refractivity contribution in [1.82, 2.24) is 5.32 Å². The highest BCUT2D eigenvalue weighted by Gasteiger charge is 2.36. The van der Waals surface area contributed by atoms with Crippen molar-refractivity contribution in [2.45, 2.75) is 33.1 Å². The minimum absolute atomic E-state index is 0.0649. The summed E-state index contributed by atoms with van der Waals surface area (Å²) in [6.07, 6.45) is 0.467. The molecule has 5 nitrogen and oxygen atoms in total. The van der Waals surface area contributed by atoms with E-state index in [1.165, 1.54) is 0 Å². The third kappa shape index (κ3) is 3.50. The first-order valence-electron chi connectivity index (χ1n) is 6.77. The van der Waals surface area contributed by atoms with Gasteiger partial charge in [0, 0.05) is 6.54 Å². The maximum Gasteiger partial charge on any atom is 0.233 e. The molecule has 0 bridgehead atoms. The molecule has 0 aliphatic carbocycles. The van der Waals surface area contributed by atoms with Gasteiger partial charge in [-0.25, -0.2) is 0 Å². The first kappa shape index (κ1) is 16.0. The van der Waals surface area contributed by atoms with Crippen LogP contribution in [0.3, 0.4) is 0 Å². The van der Waals surface area contributed by atoms with Gasteiger partial charge in [0.15, 0.2) is 5.84 Å². The summed E-state index contributed by atoms with van der Waals surface area (Å²) in [6.45, 7) is 6.06. The van der Waals surface area contributed by atoms with E-state index in [4.69, 9.17) is 10.9 Å². The molecule has 2 unspecified atom stereocenters. The van der Waals surface area contributed by atoms with Crippen LogP contribution in [0.1, 0.15) is 38.7 Å². The number of nitrogens with two attached hydrogens (primary N) is 1. The number of hydrogen-bond acceptors (Lipinski definition) is 3. The number of nitrogens with one attached hydrogen (secondary N) is 1. The van der Waals surface area contributed by atoms with Crippen LogP contribution in [0.15, 0.2) is 35.5 Å². The molecular weight excluding hydrogens is 254 g/mol. The number of hydrogen-bond donors (Lipinski definition) is 3. The van der Waals surface area contributed by atoms with E-state index in [-0.39, 0.29) is 17.7 Å². The van der Waals surface area contributed by atoms with Crippen LogP contribution in [-0.2, 0) is 4.79 Å². The zero-order valence-electron chi connectivity index (χ0n) is 12.3. The number of amides is 1. The standard InChI is InChI=1S/C15H23N3O2/c1-4-15(3,13(16)18-20)14(19)17-10-11(2)12-8-6-5-7-9-12/h5-9,11,20H,4,10H2,1-3H3,(H2,16,18)(H,17,19). The summed E-state index contributed by atoms with van der Waals surface area (Å²) in [5.74, 6) is -0.0866. The van der Waals surface area contributed by atoms with Crippen LogP contribution in [0.4, 0.5) is 0 Å². The Morgan fingerprint density at radius 2 is 2.05 bits per heavy atom. The highest BCUT2D eigenvalue weighted by atomic mass is 16.4. The Labute approximate surface area is 119 Å². The number of nitrogens with zero attached hydrogens (tertiary/aromatic N) is 1. The molecule has 1 amide bonds. The molecule has 1 aromatic carbocycles. The predicted molar refractivity (Wildman–Crippen MR) is 79.7 cm³/mol. The number of oxime groups is 1. The third-order valence-electron chi connectivity index (χ3n) is 3.82. The normalized spacial score (nSPS) is 16.2. The Morgan fingerprint density at radius 3 is 2.55 bits per heavy atom. The highest BCUT2D eigenvalue weighted by Crippen LogP contribution is 2.22. The van der Waals surface area contributed by atoms with Gasteiger partial charge in [-0.15, -0.1) is 0 Å². The van der Waals surface area contributed by atoms with Gasteiger partial charge in [0.05, 0.1) is 0 Å². The van der Waals surface area contributed by atoms with Crippen LogP contribution in [0, 0.1) is 5.41 Å². The SMILES string of the molecule is CCC(C)(C(=O)NCC(C)c1ccccc1)/C(N)=N/O. The molecule has 0 aliphatic rings. The Morgan fingerprint density at radius 1 is 1.45 bits per heavy atom. The van der Waals surface area contributed by atoms with E-state index in [0.717, 1.165) is 5.56 Å². The van der Waals surface area contributed by atoms with Gasteiger partial charge >= 0.3 is 0 Å². The van der Waals surface area contributed by atoms with Gasteiger partial charge in [0.25, 0.3) is 0 Å². The van der Waals surface area contributed by atoms with Gasteiger partial charge in [-0.3, -0.25) is 4.79 Å². The molecule has 5 heteroatoms. The van der Waals surface area contributed by atoms with E-state index in [9.17, 15) is 4.79 Å². The van der Waals surface area contributed by atoms with E-state index in [1.807, 2.05) is 44.2 Å². The van der Waals surface area contributed by atoms with Crippen molar-refractivity contribution in [3.8, 4) is 0 Å². The van der Waals surface area contributed by atoms with Crippen molar-refractivity contribution in [3.05, 3.63) is 35.9 Å². The highest BCUT2D eigenvalue weighted by molar-refractivity contribution is 6.06. The van der Waals surface area contributed by atoms with Crippen molar-refractivity contribution in [2.75, 3.05) is 6.54 Å². The van der Waals surface area contributed by atoms with Crippen molar-refractivity contribution in [1.29, 1.82) is 0 Å². The fraction of sp³-hybridized carbons (Fsp3) is 0.467. The Hall–Kier alpha value is -2.04. The molecule has 2 atom stereocenters. The first-order chi connectivity index (χ1) is 9.45. The Balaban J connectivity index is 2.67. The summed E-state index contributed by atoms with van der Waals surface area (Å²) in [7, 11) is 0. The minimum atomic E-state index is -0.981. The number of rotatable bonds is 6. The van der Waals surface area contributed by atoms with E-state index in [1.54, 1.807) is 6.92 Å². The topological polar surface area (TPSA) is 87.7 Å². The molecule has 4 N–H and O–H groups in total. The van der Waals surface area contributed by atoms with Gasteiger partial charge in [-0.1, -0.05) is 49.3 Å². The molecule has 1 aromatic rings. The zero-order valence-corrected chi connectivity index (χ0v) is 12.3. The van der Waals surface area contributed by atoms with Crippen molar-refractivity contribution >= 4 is 11.7 Å². The minimum Gasteiger partial charge on any atom is -0.409 e. The molecule has 0 fully saturated rings. The van der Waals surface area contributed by atoms with Gasteiger partial charge < -0.3 is 16.3 Å². The molecule has 0 aromatic heterocycles. The summed E-state index contributed by atoms with van der Waals surface area (Å²) < 4.78 is 0. The van der Waals surface area contributed by atoms with Crippen LogP contribution in [0.2, 0.25) is 0 Å². The summed E-state index contributed by atoms with van der Waals surface area (Å²) in [5.41, 5.74) is 5.80. The van der Waals surface area contributed by atoms with E-state index in [0.29, 0.717) is 13.0 Å². The zero-order chi connectivity index (χ0) is 15.2. The molecule has 0 radical (unpaired) electrons. The quantitative estimate of drug-likeness (QED) is 0.322. The van der Waals surface area contributed by atoms with Crippen molar-refractivity contribution < 1.29 is 10.0 Å². The van der Waals surface area contributed by atoms with Crippen LogP contribution in [-0.4, -0.2) is 23.5 Å². The lowest BCUT2D eigenvalue weighted by molar-refractivity contribution is -0.127. The fourth-order valence-electron chi connectivity index (χ4n) is 1.91. The predicted octanol–water partition coefficient (Wildman–Crippen LogP) is 2.07. The number of amidine groups is 1. The second-order valence-electron chi connectivity index (χ2n) is 5.19. The summed E-state index contributed by atoms with van der Waals surface area (Å²) in [6, 6.07) is 9.96. The molecular formula is C15H23N3O2. The molecule has 0 saturated carbocycles. The van der Waals surface area contributed by atoms with Gasteiger partial charge in [-0.05, 0) is 24.8 Å². The van der Waals surface area contributed by atoms with E-state index < -0.39 is 5.41 Å². The maximum absolute atomic E-state index is 12.2. The van der Waals surface area contributed by atoms with Crippen molar-refractivity contribution in [2.24, 2.45) is 16.3 Å². The number of carbonyl (C=O) groups excluding carboxylic acids is 1. The lowest BCUT2D eigenvalue weighted by Gasteiger charge is -2.26. The molecule has 20 heavy (non-hydrogen) atoms. The van der Waals surface area contributed by atoms with Crippen LogP contribution < -0.4 is 11.1 Å². The monoisotopic (exact) mass is 277 g/mol.